The topological polar surface area (TPSA) is 12.4 Å². The Morgan fingerprint density at radius 1 is 1.54 bits per heavy atom. The van der Waals surface area contributed by atoms with Crippen LogP contribution in [0.25, 0.3) is 0 Å². The molecule has 1 unspecified atom stereocenters. The average Bonchev–Trinajstić information content (AvgIpc) is 2.30. The summed E-state index contributed by atoms with van der Waals surface area (Å²) >= 11 is 0. The van der Waals surface area contributed by atoms with Crippen LogP contribution in [-0.4, -0.2) is 13.3 Å². The van der Waals surface area contributed by atoms with Gasteiger partial charge in [0.1, 0.15) is 0 Å². The summed E-state index contributed by atoms with van der Waals surface area (Å²) in [7, 11) is 0. The maximum atomic E-state index is 3.91. The van der Waals surface area contributed by atoms with Crippen molar-refractivity contribution >= 4 is 6.72 Å². The van der Waals surface area contributed by atoms with E-state index < -0.39 is 0 Å². The molecule has 13 heavy (non-hydrogen) atoms. The Morgan fingerprint density at radius 2 is 2.31 bits per heavy atom. The molecule has 1 nitrogen and oxygen atoms in total. The van der Waals surface area contributed by atoms with Crippen LogP contribution in [-0.2, 0) is 0 Å². The van der Waals surface area contributed by atoms with Gasteiger partial charge in [0.05, 0.1) is 0 Å². The lowest BCUT2D eigenvalue weighted by molar-refractivity contribution is 0.714. The normalized spacial score (nSPS) is 23.5. The van der Waals surface area contributed by atoms with E-state index in [9.17, 15) is 0 Å². The first-order valence-electron chi connectivity index (χ1n) is 4.73. The summed E-state index contributed by atoms with van der Waals surface area (Å²) in [6.45, 7) is 8.67. The van der Waals surface area contributed by atoms with Crippen LogP contribution in [0, 0.1) is 11.8 Å². The predicted molar refractivity (Wildman–Crippen MR) is 59.1 cm³/mol. The number of allylic oxidation sites excluding steroid dienone is 5. The largest absolute Gasteiger partial charge is 0.300 e. The second-order valence-corrected chi connectivity index (χ2v) is 3.58. The Hall–Kier alpha value is -1.11. The third kappa shape index (κ3) is 3.02. The highest BCUT2D eigenvalue weighted by molar-refractivity contribution is 5.31. The number of hydrogen-bond acceptors (Lipinski definition) is 1. The first kappa shape index (κ1) is 9.97. The zero-order chi connectivity index (χ0) is 9.68. The van der Waals surface area contributed by atoms with Crippen molar-refractivity contribution in [2.45, 2.75) is 13.8 Å². The van der Waals surface area contributed by atoms with Crippen molar-refractivity contribution < 1.29 is 0 Å². The van der Waals surface area contributed by atoms with E-state index >= 15 is 0 Å². The van der Waals surface area contributed by atoms with E-state index in [4.69, 9.17) is 0 Å². The molecule has 0 heterocycles. The molecule has 0 N–H and O–H groups in total. The zero-order valence-electron chi connectivity index (χ0n) is 8.40. The fourth-order valence-electron chi connectivity index (χ4n) is 1.35. The molecular formula is C12H17N. The Labute approximate surface area is 80.6 Å². The standard InChI is InChI=1S/C12H17N/c1-10-5-4-6-12(8-7-10)11(2)9-13-3/h4-8,10-11H,3,9H2,1-2H3/t10?,11-/m1/s1. The molecule has 1 aliphatic rings. The first-order valence-corrected chi connectivity index (χ1v) is 4.73. The van der Waals surface area contributed by atoms with Crippen molar-refractivity contribution in [2.24, 2.45) is 16.8 Å². The predicted octanol–water partition coefficient (Wildman–Crippen LogP) is 3.01. The minimum absolute atomic E-state index is 0.476. The molecule has 0 fully saturated rings. The molecule has 0 aromatic rings. The maximum absolute atomic E-state index is 3.91. The van der Waals surface area contributed by atoms with E-state index in [1.165, 1.54) is 5.57 Å². The summed E-state index contributed by atoms with van der Waals surface area (Å²) in [6, 6.07) is 0. The van der Waals surface area contributed by atoms with Gasteiger partial charge in [-0.15, -0.1) is 0 Å². The third-order valence-corrected chi connectivity index (χ3v) is 2.27. The molecule has 0 saturated carbocycles. The molecule has 0 bridgehead atoms. The second-order valence-electron chi connectivity index (χ2n) is 3.58. The Bertz CT molecular complexity index is 258. The molecule has 0 aliphatic heterocycles. The van der Waals surface area contributed by atoms with E-state index in [2.05, 4.69) is 55.9 Å². The molecule has 1 rings (SSSR count). The molecule has 0 aromatic heterocycles. The van der Waals surface area contributed by atoms with Crippen molar-refractivity contribution in [3.8, 4) is 0 Å². The van der Waals surface area contributed by atoms with Gasteiger partial charge in [-0.3, -0.25) is 0 Å². The minimum Gasteiger partial charge on any atom is -0.300 e. The van der Waals surface area contributed by atoms with Crippen LogP contribution in [0.2, 0.25) is 0 Å². The van der Waals surface area contributed by atoms with E-state index in [1.54, 1.807) is 0 Å². The molecule has 1 aliphatic carbocycles. The fourth-order valence-corrected chi connectivity index (χ4v) is 1.35. The number of hydrogen-bond donors (Lipinski definition) is 0. The van der Waals surface area contributed by atoms with Crippen LogP contribution in [0.5, 0.6) is 0 Å². The number of nitrogens with zero attached hydrogens (tertiary/aromatic N) is 1. The lowest BCUT2D eigenvalue weighted by atomic mass is 10.0. The van der Waals surface area contributed by atoms with Crippen molar-refractivity contribution in [1.29, 1.82) is 0 Å². The lowest BCUT2D eigenvalue weighted by Crippen LogP contribution is -2.01. The summed E-state index contributed by atoms with van der Waals surface area (Å²) in [6.07, 6.45) is 10.9. The van der Waals surface area contributed by atoms with E-state index in [0.717, 1.165) is 6.54 Å². The fraction of sp³-hybridized carbons (Fsp3) is 0.417. The molecule has 0 radical (unpaired) electrons. The van der Waals surface area contributed by atoms with E-state index in [-0.39, 0.29) is 0 Å². The van der Waals surface area contributed by atoms with Crippen LogP contribution in [0.15, 0.2) is 40.9 Å². The van der Waals surface area contributed by atoms with Gasteiger partial charge in [-0.05, 0) is 18.2 Å². The van der Waals surface area contributed by atoms with Gasteiger partial charge in [-0.2, -0.15) is 0 Å². The van der Waals surface area contributed by atoms with Crippen LogP contribution >= 0.6 is 0 Å². The quantitative estimate of drug-likeness (QED) is 0.585. The molecule has 0 saturated heterocycles. The average molecular weight is 175 g/mol. The second kappa shape index (κ2) is 4.80. The van der Waals surface area contributed by atoms with E-state index in [0.29, 0.717) is 11.8 Å². The summed E-state index contributed by atoms with van der Waals surface area (Å²) < 4.78 is 0. The van der Waals surface area contributed by atoms with Gasteiger partial charge in [-0.25, -0.2) is 0 Å². The van der Waals surface area contributed by atoms with Crippen LogP contribution in [0.3, 0.4) is 0 Å². The Morgan fingerprint density at radius 3 is 3.00 bits per heavy atom. The van der Waals surface area contributed by atoms with Crippen molar-refractivity contribution in [3.63, 3.8) is 0 Å². The van der Waals surface area contributed by atoms with E-state index in [1.807, 2.05) is 0 Å². The summed E-state index contributed by atoms with van der Waals surface area (Å²) in [5.74, 6) is 1.02. The van der Waals surface area contributed by atoms with Gasteiger partial charge in [0.25, 0.3) is 0 Å². The SMILES string of the molecule is C=NC[C@@H](C)C1=CC=CC(C)C=C1. The van der Waals surface area contributed by atoms with Crippen LogP contribution in [0.4, 0.5) is 0 Å². The molecule has 0 amide bonds. The summed E-state index contributed by atoms with van der Waals surface area (Å²) in [5.41, 5.74) is 1.34. The molecule has 70 valence electrons. The lowest BCUT2D eigenvalue weighted by Gasteiger charge is -2.08. The Kier molecular flexibility index (Phi) is 3.69. The van der Waals surface area contributed by atoms with Crippen LogP contribution in [0.1, 0.15) is 13.8 Å². The number of rotatable bonds is 3. The van der Waals surface area contributed by atoms with Gasteiger partial charge in [0.2, 0.25) is 0 Å². The van der Waals surface area contributed by atoms with Gasteiger partial charge >= 0.3 is 0 Å². The molecular weight excluding hydrogens is 158 g/mol. The van der Waals surface area contributed by atoms with Crippen molar-refractivity contribution in [1.82, 2.24) is 0 Å². The summed E-state index contributed by atoms with van der Waals surface area (Å²) in [5, 5.41) is 0. The zero-order valence-corrected chi connectivity index (χ0v) is 8.40. The smallest absolute Gasteiger partial charge is 0.0448 e. The van der Waals surface area contributed by atoms with Gasteiger partial charge < -0.3 is 4.99 Å². The maximum Gasteiger partial charge on any atom is 0.0448 e. The molecule has 1 heteroatoms. The number of aliphatic imine (C=N–C) groups is 1. The molecule has 2 atom stereocenters. The molecule has 0 spiro atoms. The highest BCUT2D eigenvalue weighted by Crippen LogP contribution is 2.17. The Balaban J connectivity index is 2.69. The highest BCUT2D eigenvalue weighted by Gasteiger charge is 2.05. The molecule has 0 aromatic carbocycles. The highest BCUT2D eigenvalue weighted by atomic mass is 14.7. The third-order valence-electron chi connectivity index (χ3n) is 2.27. The van der Waals surface area contributed by atoms with Gasteiger partial charge in [0, 0.05) is 12.5 Å². The van der Waals surface area contributed by atoms with Crippen molar-refractivity contribution in [2.75, 3.05) is 6.54 Å². The monoisotopic (exact) mass is 175 g/mol. The first-order chi connectivity index (χ1) is 6.24. The minimum atomic E-state index is 0.476. The van der Waals surface area contributed by atoms with Crippen molar-refractivity contribution in [3.05, 3.63) is 36.0 Å². The summed E-state index contributed by atoms with van der Waals surface area (Å²) in [4.78, 5) is 3.91. The van der Waals surface area contributed by atoms with Crippen LogP contribution < -0.4 is 0 Å². The van der Waals surface area contributed by atoms with Gasteiger partial charge in [0.15, 0.2) is 0 Å². The van der Waals surface area contributed by atoms with Gasteiger partial charge in [-0.1, -0.05) is 44.2 Å².